The van der Waals surface area contributed by atoms with Crippen LogP contribution in [0.25, 0.3) is 0 Å². The van der Waals surface area contributed by atoms with Crippen molar-refractivity contribution in [1.82, 2.24) is 4.98 Å². The first-order chi connectivity index (χ1) is 9.79. The fraction of sp³-hybridized carbons (Fsp3) is 0.143. The Balaban J connectivity index is 2.28. The Kier molecular flexibility index (Phi) is 3.95. The van der Waals surface area contributed by atoms with Crippen molar-refractivity contribution in [2.24, 2.45) is 0 Å². The smallest absolute Gasteiger partial charge is 0.337 e. The molecule has 0 unspecified atom stereocenters. The van der Waals surface area contributed by atoms with Crippen molar-refractivity contribution in [2.75, 3.05) is 4.72 Å². The zero-order valence-corrected chi connectivity index (χ0v) is 12.3. The second-order valence-electron chi connectivity index (χ2n) is 4.59. The Morgan fingerprint density at radius 2 is 1.86 bits per heavy atom. The molecule has 2 rings (SSSR count). The Hall–Kier alpha value is -2.41. The number of carboxylic acids is 1. The lowest BCUT2D eigenvalue weighted by Crippen LogP contribution is -2.14. The Morgan fingerprint density at radius 3 is 2.38 bits per heavy atom. The number of anilines is 1. The fourth-order valence-corrected chi connectivity index (χ4v) is 2.75. The van der Waals surface area contributed by atoms with Gasteiger partial charge in [0.1, 0.15) is 5.82 Å². The number of sulfonamides is 1. The SMILES string of the molecule is Cc1ccc(S(=O)(=O)Nc2ccc(C(=O)O)cn2)cc1C. The molecule has 0 atom stereocenters. The highest BCUT2D eigenvalue weighted by atomic mass is 32.2. The van der Waals surface area contributed by atoms with E-state index in [0.717, 1.165) is 17.3 Å². The molecule has 0 saturated carbocycles. The minimum absolute atomic E-state index is 0.0101. The van der Waals surface area contributed by atoms with E-state index in [1.807, 2.05) is 13.8 Å². The summed E-state index contributed by atoms with van der Waals surface area (Å²) in [5.41, 5.74) is 1.86. The minimum atomic E-state index is -3.75. The molecule has 21 heavy (non-hydrogen) atoms. The number of hydrogen-bond acceptors (Lipinski definition) is 4. The number of pyridine rings is 1. The summed E-state index contributed by atoms with van der Waals surface area (Å²) in [6, 6.07) is 7.40. The van der Waals surface area contributed by atoms with Crippen LogP contribution in [0, 0.1) is 13.8 Å². The van der Waals surface area contributed by atoms with Crippen LogP contribution in [-0.2, 0) is 10.0 Å². The number of hydrogen-bond donors (Lipinski definition) is 2. The maximum Gasteiger partial charge on any atom is 0.337 e. The molecule has 7 heteroatoms. The Morgan fingerprint density at radius 1 is 1.14 bits per heavy atom. The van der Waals surface area contributed by atoms with Crippen LogP contribution in [0.1, 0.15) is 21.5 Å². The topological polar surface area (TPSA) is 96.4 Å². The second kappa shape index (κ2) is 5.53. The normalized spacial score (nSPS) is 11.1. The monoisotopic (exact) mass is 306 g/mol. The highest BCUT2D eigenvalue weighted by molar-refractivity contribution is 7.92. The summed E-state index contributed by atoms with van der Waals surface area (Å²) >= 11 is 0. The molecule has 1 aromatic carbocycles. The van der Waals surface area contributed by atoms with E-state index in [0.29, 0.717) is 0 Å². The van der Waals surface area contributed by atoms with Gasteiger partial charge in [-0.1, -0.05) is 6.07 Å². The highest BCUT2D eigenvalue weighted by Gasteiger charge is 2.15. The third-order valence-electron chi connectivity index (χ3n) is 3.04. The molecule has 110 valence electrons. The lowest BCUT2D eigenvalue weighted by molar-refractivity contribution is 0.0696. The summed E-state index contributed by atoms with van der Waals surface area (Å²) in [6.07, 6.45) is 1.10. The van der Waals surface area contributed by atoms with Crippen LogP contribution >= 0.6 is 0 Å². The quantitative estimate of drug-likeness (QED) is 0.902. The molecule has 0 aliphatic carbocycles. The van der Waals surface area contributed by atoms with Crippen molar-refractivity contribution in [2.45, 2.75) is 18.7 Å². The number of rotatable bonds is 4. The third kappa shape index (κ3) is 3.38. The molecule has 6 nitrogen and oxygen atoms in total. The van der Waals surface area contributed by atoms with Gasteiger partial charge in [-0.25, -0.2) is 18.2 Å². The van der Waals surface area contributed by atoms with Gasteiger partial charge in [0, 0.05) is 6.20 Å². The number of carbonyl (C=O) groups is 1. The van der Waals surface area contributed by atoms with Gasteiger partial charge in [-0.05, 0) is 49.2 Å². The van der Waals surface area contributed by atoms with Crippen molar-refractivity contribution in [3.05, 3.63) is 53.2 Å². The summed E-state index contributed by atoms with van der Waals surface area (Å²) < 4.78 is 26.7. The molecule has 2 aromatic rings. The minimum Gasteiger partial charge on any atom is -0.478 e. The maximum absolute atomic E-state index is 12.2. The van der Waals surface area contributed by atoms with Crippen LogP contribution < -0.4 is 4.72 Å². The standard InChI is InChI=1S/C14H14N2O4S/c1-9-3-5-12(7-10(9)2)21(19,20)16-13-6-4-11(8-15-13)14(17)18/h3-8H,1-2H3,(H,15,16)(H,17,18). The van der Waals surface area contributed by atoms with E-state index in [-0.39, 0.29) is 16.3 Å². The van der Waals surface area contributed by atoms with Crippen molar-refractivity contribution < 1.29 is 18.3 Å². The Bertz CT molecular complexity index is 783. The van der Waals surface area contributed by atoms with Crippen molar-refractivity contribution in [3.8, 4) is 0 Å². The molecule has 1 heterocycles. The lowest BCUT2D eigenvalue weighted by atomic mass is 10.1. The molecule has 0 saturated heterocycles. The van der Waals surface area contributed by atoms with Gasteiger partial charge in [0.05, 0.1) is 10.5 Å². The van der Waals surface area contributed by atoms with E-state index in [1.165, 1.54) is 18.2 Å². The van der Waals surface area contributed by atoms with Gasteiger partial charge in [0.2, 0.25) is 0 Å². The number of benzene rings is 1. The van der Waals surface area contributed by atoms with E-state index >= 15 is 0 Å². The molecule has 0 spiro atoms. The average molecular weight is 306 g/mol. The van der Waals surface area contributed by atoms with Gasteiger partial charge >= 0.3 is 5.97 Å². The molecule has 0 aliphatic heterocycles. The zero-order valence-electron chi connectivity index (χ0n) is 11.5. The van der Waals surface area contributed by atoms with Crippen LogP contribution in [0.15, 0.2) is 41.4 Å². The molecule has 1 aromatic heterocycles. The van der Waals surface area contributed by atoms with E-state index in [1.54, 1.807) is 12.1 Å². The first-order valence-corrected chi connectivity index (χ1v) is 7.57. The Labute approximate surface area is 122 Å². The van der Waals surface area contributed by atoms with Gasteiger partial charge in [0.15, 0.2) is 0 Å². The van der Waals surface area contributed by atoms with Crippen molar-refractivity contribution >= 4 is 21.8 Å². The summed E-state index contributed by atoms with van der Waals surface area (Å²) in [7, 11) is -3.75. The average Bonchev–Trinajstić information content (AvgIpc) is 2.42. The predicted octanol–water partition coefficient (Wildman–Crippen LogP) is 2.20. The molecule has 0 amide bonds. The summed E-state index contributed by atoms with van der Waals surface area (Å²) in [6.45, 7) is 3.72. The second-order valence-corrected chi connectivity index (χ2v) is 6.27. The van der Waals surface area contributed by atoms with Crippen LogP contribution in [0.3, 0.4) is 0 Å². The summed E-state index contributed by atoms with van der Waals surface area (Å²) in [5.74, 6) is -1.05. The largest absolute Gasteiger partial charge is 0.478 e. The number of carboxylic acid groups (broad SMARTS) is 1. The fourth-order valence-electron chi connectivity index (χ4n) is 1.66. The number of aryl methyl sites for hydroxylation is 2. The number of aromatic carboxylic acids is 1. The molecule has 2 N–H and O–H groups in total. The van der Waals surface area contributed by atoms with Gasteiger partial charge in [-0.2, -0.15) is 0 Å². The highest BCUT2D eigenvalue weighted by Crippen LogP contribution is 2.17. The molecule has 0 aliphatic rings. The first kappa shape index (κ1) is 15.0. The van der Waals surface area contributed by atoms with E-state index in [9.17, 15) is 13.2 Å². The number of nitrogens with zero attached hydrogens (tertiary/aromatic N) is 1. The van der Waals surface area contributed by atoms with Gasteiger partial charge in [0.25, 0.3) is 10.0 Å². The molecule has 0 fully saturated rings. The molecule has 0 radical (unpaired) electrons. The summed E-state index contributed by atoms with van der Waals surface area (Å²) in [5, 5.41) is 8.76. The van der Waals surface area contributed by atoms with Crippen LogP contribution in [0.5, 0.6) is 0 Å². The first-order valence-electron chi connectivity index (χ1n) is 6.09. The third-order valence-corrected chi connectivity index (χ3v) is 4.39. The van der Waals surface area contributed by atoms with E-state index < -0.39 is 16.0 Å². The zero-order chi connectivity index (χ0) is 15.6. The predicted molar refractivity (Wildman–Crippen MR) is 77.9 cm³/mol. The lowest BCUT2D eigenvalue weighted by Gasteiger charge is -2.09. The van der Waals surface area contributed by atoms with Crippen LogP contribution in [0.2, 0.25) is 0 Å². The maximum atomic E-state index is 12.2. The number of nitrogens with one attached hydrogen (secondary N) is 1. The van der Waals surface area contributed by atoms with Gasteiger partial charge in [-0.15, -0.1) is 0 Å². The van der Waals surface area contributed by atoms with Crippen LogP contribution in [0.4, 0.5) is 5.82 Å². The molecule has 0 bridgehead atoms. The summed E-state index contributed by atoms with van der Waals surface area (Å²) in [4.78, 5) is 14.6. The number of aromatic nitrogens is 1. The molecular formula is C14H14N2O4S. The van der Waals surface area contributed by atoms with E-state index in [2.05, 4.69) is 9.71 Å². The van der Waals surface area contributed by atoms with Crippen molar-refractivity contribution in [3.63, 3.8) is 0 Å². The van der Waals surface area contributed by atoms with Gasteiger partial charge in [-0.3, -0.25) is 4.72 Å². The molecular weight excluding hydrogens is 292 g/mol. The van der Waals surface area contributed by atoms with E-state index in [4.69, 9.17) is 5.11 Å². The van der Waals surface area contributed by atoms with Crippen LogP contribution in [-0.4, -0.2) is 24.5 Å². The van der Waals surface area contributed by atoms with Gasteiger partial charge < -0.3 is 5.11 Å². The van der Waals surface area contributed by atoms with Crippen molar-refractivity contribution in [1.29, 1.82) is 0 Å².